The Morgan fingerprint density at radius 2 is 2.06 bits per heavy atom. The topological polar surface area (TPSA) is 68.0 Å². The van der Waals surface area contributed by atoms with Gasteiger partial charge in [0.15, 0.2) is 22.2 Å². The third kappa shape index (κ3) is 5.02. The minimum Gasteiger partial charge on any atom is -0.493 e. The maximum Gasteiger partial charge on any atom is 0.295 e. The van der Waals surface area contributed by atoms with Crippen LogP contribution < -0.4 is 9.64 Å². The second-order valence-electron chi connectivity index (χ2n) is 7.86. The molecule has 0 spiro atoms. The normalized spacial score (nSPS) is 14.3. The fraction of sp³-hybridized carbons (Fsp3) is 0.333. The zero-order valence-corrected chi connectivity index (χ0v) is 20.3. The molecular formula is C24H25ClFN3O4S. The summed E-state index contributed by atoms with van der Waals surface area (Å²) in [5, 5.41) is 1.31. The number of anilines is 1. The number of amides is 1. The van der Waals surface area contributed by atoms with Crippen molar-refractivity contribution in [1.29, 1.82) is 0 Å². The number of aromatic nitrogens is 1. The molecule has 1 fully saturated rings. The summed E-state index contributed by atoms with van der Waals surface area (Å²) in [5.41, 5.74) is 1.19. The molecule has 1 aliphatic heterocycles. The monoisotopic (exact) mass is 505 g/mol. The zero-order chi connectivity index (χ0) is 22.8. The van der Waals surface area contributed by atoms with Crippen molar-refractivity contribution in [2.75, 3.05) is 51.4 Å². The SMILES string of the molecule is COc1cccc2cc(C(=O)N(CCCN3CCOCC3)c3nc4ccc(F)cc4s3)oc12.Cl. The molecule has 0 unspecified atom stereocenters. The minimum atomic E-state index is -0.327. The van der Waals surface area contributed by atoms with Gasteiger partial charge in [-0.25, -0.2) is 9.37 Å². The molecule has 0 aliphatic carbocycles. The summed E-state index contributed by atoms with van der Waals surface area (Å²) in [6.45, 7) is 4.54. The highest BCUT2D eigenvalue weighted by Crippen LogP contribution is 2.33. The number of ether oxygens (including phenoxy) is 2. The predicted octanol–water partition coefficient (Wildman–Crippen LogP) is 4.98. The molecule has 10 heteroatoms. The molecule has 180 valence electrons. The van der Waals surface area contributed by atoms with Crippen molar-refractivity contribution in [1.82, 2.24) is 9.88 Å². The number of hydrogen-bond donors (Lipinski definition) is 0. The lowest BCUT2D eigenvalue weighted by Crippen LogP contribution is -2.39. The molecule has 1 saturated heterocycles. The van der Waals surface area contributed by atoms with Gasteiger partial charge in [-0.2, -0.15) is 0 Å². The van der Waals surface area contributed by atoms with Crippen LogP contribution in [0.2, 0.25) is 0 Å². The lowest BCUT2D eigenvalue weighted by atomic mass is 10.2. The first-order valence-electron chi connectivity index (χ1n) is 10.9. The van der Waals surface area contributed by atoms with Crippen LogP contribution in [0, 0.1) is 5.82 Å². The van der Waals surface area contributed by atoms with E-state index in [2.05, 4.69) is 9.88 Å². The first kappa shape index (κ1) is 24.4. The van der Waals surface area contributed by atoms with Crippen molar-refractivity contribution >= 4 is 56.0 Å². The Hall–Kier alpha value is -2.72. The largest absolute Gasteiger partial charge is 0.493 e. The Bertz CT molecular complexity index is 1290. The lowest BCUT2D eigenvalue weighted by Gasteiger charge is -2.27. The summed E-state index contributed by atoms with van der Waals surface area (Å²) in [4.78, 5) is 22.2. The van der Waals surface area contributed by atoms with E-state index >= 15 is 0 Å². The molecule has 34 heavy (non-hydrogen) atoms. The molecule has 0 saturated carbocycles. The molecule has 2 aromatic carbocycles. The summed E-state index contributed by atoms with van der Waals surface area (Å²) in [6.07, 6.45) is 0.763. The van der Waals surface area contributed by atoms with Crippen LogP contribution in [-0.4, -0.2) is 62.3 Å². The highest BCUT2D eigenvalue weighted by Gasteiger charge is 2.25. The second kappa shape index (κ2) is 10.7. The Kier molecular flexibility index (Phi) is 7.67. The standard InChI is InChI=1S/C24H24FN3O4S.ClH/c1-30-19-5-2-4-16-14-20(32-22(16)19)23(29)28(9-3-8-27-10-12-31-13-11-27)24-26-18-7-6-17(25)15-21(18)33-24;/h2,4-7,14-15H,3,8-13H2,1H3;1H. The Balaban J connectivity index is 0.00000274. The molecule has 5 rings (SSSR count). The number of nitrogens with zero attached hydrogens (tertiary/aromatic N) is 3. The van der Waals surface area contributed by atoms with Crippen molar-refractivity contribution < 1.29 is 23.1 Å². The quantitative estimate of drug-likeness (QED) is 0.353. The number of furan rings is 1. The summed E-state index contributed by atoms with van der Waals surface area (Å²) < 4.78 is 31.1. The van der Waals surface area contributed by atoms with E-state index in [0.29, 0.717) is 33.2 Å². The molecule has 0 atom stereocenters. The van der Waals surface area contributed by atoms with Crippen molar-refractivity contribution in [3.05, 3.63) is 54.0 Å². The van der Waals surface area contributed by atoms with E-state index in [4.69, 9.17) is 13.9 Å². The summed E-state index contributed by atoms with van der Waals surface area (Å²) in [6, 6.07) is 11.7. The number of hydrogen-bond acceptors (Lipinski definition) is 7. The van der Waals surface area contributed by atoms with Crippen LogP contribution in [0.1, 0.15) is 17.0 Å². The Morgan fingerprint density at radius 3 is 2.85 bits per heavy atom. The van der Waals surface area contributed by atoms with E-state index in [0.717, 1.165) is 44.7 Å². The van der Waals surface area contributed by atoms with Gasteiger partial charge in [-0.3, -0.25) is 14.6 Å². The van der Waals surface area contributed by atoms with Gasteiger partial charge in [0.25, 0.3) is 5.91 Å². The van der Waals surface area contributed by atoms with Crippen LogP contribution in [0.3, 0.4) is 0 Å². The van der Waals surface area contributed by atoms with E-state index in [1.165, 1.54) is 23.5 Å². The van der Waals surface area contributed by atoms with Crippen LogP contribution in [0.15, 0.2) is 46.9 Å². The fourth-order valence-electron chi connectivity index (χ4n) is 4.00. The van der Waals surface area contributed by atoms with E-state index in [9.17, 15) is 9.18 Å². The molecule has 1 aliphatic rings. The number of thiazole rings is 1. The first-order valence-corrected chi connectivity index (χ1v) is 11.7. The van der Waals surface area contributed by atoms with Gasteiger partial charge in [0, 0.05) is 31.6 Å². The van der Waals surface area contributed by atoms with Crippen LogP contribution >= 0.6 is 23.7 Å². The second-order valence-corrected chi connectivity index (χ2v) is 8.87. The van der Waals surface area contributed by atoms with Gasteiger partial charge in [-0.05, 0) is 36.8 Å². The van der Waals surface area contributed by atoms with Crippen LogP contribution in [-0.2, 0) is 4.74 Å². The molecule has 0 radical (unpaired) electrons. The van der Waals surface area contributed by atoms with Gasteiger partial charge in [-0.1, -0.05) is 23.5 Å². The third-order valence-electron chi connectivity index (χ3n) is 5.71. The summed E-state index contributed by atoms with van der Waals surface area (Å²) in [5.74, 6) is 0.175. The molecule has 2 aromatic heterocycles. The third-order valence-corrected chi connectivity index (χ3v) is 6.75. The molecule has 3 heterocycles. The van der Waals surface area contributed by atoms with E-state index in [1.54, 1.807) is 30.2 Å². The molecule has 1 amide bonds. The fourth-order valence-corrected chi connectivity index (χ4v) is 5.01. The van der Waals surface area contributed by atoms with E-state index < -0.39 is 0 Å². The van der Waals surface area contributed by atoms with Gasteiger partial charge in [-0.15, -0.1) is 12.4 Å². The maximum atomic E-state index is 13.7. The van der Waals surface area contributed by atoms with Crippen LogP contribution in [0.5, 0.6) is 5.75 Å². The van der Waals surface area contributed by atoms with Crippen molar-refractivity contribution in [3.8, 4) is 5.75 Å². The summed E-state index contributed by atoms with van der Waals surface area (Å²) >= 11 is 1.30. The Morgan fingerprint density at radius 1 is 1.24 bits per heavy atom. The lowest BCUT2D eigenvalue weighted by molar-refractivity contribution is 0.0376. The average molecular weight is 506 g/mol. The molecule has 4 aromatic rings. The first-order chi connectivity index (χ1) is 16.1. The van der Waals surface area contributed by atoms with Crippen molar-refractivity contribution in [2.24, 2.45) is 0 Å². The number of morpholine rings is 1. The highest BCUT2D eigenvalue weighted by molar-refractivity contribution is 7.22. The van der Waals surface area contributed by atoms with Gasteiger partial charge in [0.2, 0.25) is 0 Å². The summed E-state index contributed by atoms with van der Waals surface area (Å²) in [7, 11) is 1.57. The number of carbonyl (C=O) groups is 1. The molecule has 0 bridgehead atoms. The van der Waals surface area contributed by atoms with Crippen LogP contribution in [0.25, 0.3) is 21.2 Å². The van der Waals surface area contributed by atoms with Crippen molar-refractivity contribution in [3.63, 3.8) is 0 Å². The number of fused-ring (bicyclic) bond motifs is 2. The predicted molar refractivity (Wildman–Crippen MR) is 133 cm³/mol. The number of benzene rings is 2. The average Bonchev–Trinajstić information content (AvgIpc) is 3.46. The number of rotatable bonds is 7. The number of para-hydroxylation sites is 1. The van der Waals surface area contributed by atoms with Gasteiger partial charge >= 0.3 is 0 Å². The van der Waals surface area contributed by atoms with Crippen LogP contribution in [0.4, 0.5) is 9.52 Å². The van der Waals surface area contributed by atoms with Gasteiger partial charge in [0.1, 0.15) is 5.82 Å². The number of methoxy groups -OCH3 is 1. The maximum absolute atomic E-state index is 13.7. The Labute approximate surface area is 206 Å². The van der Waals surface area contributed by atoms with Gasteiger partial charge in [0.05, 0.1) is 30.5 Å². The van der Waals surface area contributed by atoms with Crippen molar-refractivity contribution in [2.45, 2.75) is 6.42 Å². The number of carbonyl (C=O) groups excluding carboxylic acids is 1. The smallest absolute Gasteiger partial charge is 0.295 e. The molecule has 0 N–H and O–H groups in total. The highest BCUT2D eigenvalue weighted by atomic mass is 35.5. The molecule has 7 nitrogen and oxygen atoms in total. The minimum absolute atomic E-state index is 0. The molecular weight excluding hydrogens is 481 g/mol. The zero-order valence-electron chi connectivity index (χ0n) is 18.7. The van der Waals surface area contributed by atoms with E-state index in [1.807, 2.05) is 12.1 Å². The van der Waals surface area contributed by atoms with Gasteiger partial charge < -0.3 is 13.9 Å². The number of halogens is 2. The van der Waals surface area contributed by atoms with E-state index in [-0.39, 0.29) is 29.9 Å².